The lowest BCUT2D eigenvalue weighted by Crippen LogP contribution is -2.25. The van der Waals surface area contributed by atoms with Gasteiger partial charge in [0.05, 0.1) is 16.8 Å². The summed E-state index contributed by atoms with van der Waals surface area (Å²) < 4.78 is 0. The van der Waals surface area contributed by atoms with Gasteiger partial charge in [0, 0.05) is 6.54 Å². The molecule has 1 saturated heterocycles. The van der Waals surface area contributed by atoms with Crippen molar-refractivity contribution in [2.75, 3.05) is 6.54 Å². The first-order valence-corrected chi connectivity index (χ1v) is 6.89. The van der Waals surface area contributed by atoms with Crippen molar-refractivity contribution in [1.29, 1.82) is 5.26 Å². The Bertz CT molecular complexity index is 592. The summed E-state index contributed by atoms with van der Waals surface area (Å²) in [6, 6.07) is 5.41. The Kier molecular flexibility index (Phi) is 4.41. The molecule has 0 N–H and O–H groups in total. The minimum atomic E-state index is -0.143. The van der Waals surface area contributed by atoms with E-state index in [2.05, 4.69) is 12.0 Å². The fraction of sp³-hybridized carbons (Fsp3) is 0.400. The van der Waals surface area contributed by atoms with Crippen LogP contribution in [0.25, 0.3) is 0 Å². The van der Waals surface area contributed by atoms with Crippen molar-refractivity contribution in [3.8, 4) is 6.07 Å². The van der Waals surface area contributed by atoms with Gasteiger partial charge in [0.15, 0.2) is 0 Å². The fourth-order valence-corrected chi connectivity index (χ4v) is 2.60. The van der Waals surface area contributed by atoms with Crippen LogP contribution in [0.2, 0.25) is 5.02 Å². The Hall–Kier alpha value is -1.86. The van der Waals surface area contributed by atoms with E-state index in [4.69, 9.17) is 16.9 Å². The van der Waals surface area contributed by atoms with Crippen LogP contribution in [0.15, 0.2) is 17.2 Å². The van der Waals surface area contributed by atoms with E-state index in [9.17, 15) is 4.79 Å². The minimum Gasteiger partial charge on any atom is -0.301 e. The van der Waals surface area contributed by atoms with Crippen molar-refractivity contribution in [2.24, 2.45) is 11.0 Å². The molecule has 1 heterocycles. The molecule has 0 aromatic heterocycles. The van der Waals surface area contributed by atoms with Gasteiger partial charge in [-0.05, 0) is 36.5 Å². The highest BCUT2D eigenvalue weighted by Crippen LogP contribution is 2.24. The van der Waals surface area contributed by atoms with E-state index in [-0.39, 0.29) is 6.04 Å². The number of halogens is 1. The van der Waals surface area contributed by atoms with Crippen molar-refractivity contribution in [3.05, 3.63) is 33.8 Å². The van der Waals surface area contributed by atoms with Crippen molar-refractivity contribution in [3.63, 3.8) is 0 Å². The molecule has 5 heteroatoms. The molecule has 1 aromatic rings. The number of rotatable bonds is 3. The van der Waals surface area contributed by atoms with Gasteiger partial charge in [0.25, 0.3) is 0 Å². The second-order valence-electron chi connectivity index (χ2n) is 5.16. The largest absolute Gasteiger partial charge is 0.301 e. The second-order valence-corrected chi connectivity index (χ2v) is 5.54. The molecule has 0 saturated carbocycles. The van der Waals surface area contributed by atoms with Gasteiger partial charge in [-0.2, -0.15) is 10.4 Å². The summed E-state index contributed by atoms with van der Waals surface area (Å²) in [4.78, 5) is 11.0. The quantitative estimate of drug-likeness (QED) is 0.635. The first-order chi connectivity index (χ1) is 9.56. The summed E-state index contributed by atoms with van der Waals surface area (Å²) in [5.74, 6) is 0.466. The van der Waals surface area contributed by atoms with Gasteiger partial charge >= 0.3 is 0 Å². The predicted octanol–water partition coefficient (Wildman–Crippen LogP) is 2.76. The maximum absolute atomic E-state index is 11.0. The Labute approximate surface area is 123 Å². The average molecular weight is 290 g/mol. The molecule has 1 aliphatic rings. The molecule has 0 bridgehead atoms. The summed E-state index contributed by atoms with van der Waals surface area (Å²) in [6.45, 7) is 4.74. The normalized spacial score (nSPS) is 22.2. The fourth-order valence-electron chi connectivity index (χ4n) is 2.38. The van der Waals surface area contributed by atoms with Crippen LogP contribution in [-0.2, 0) is 4.79 Å². The molecule has 4 nitrogen and oxygen atoms in total. The van der Waals surface area contributed by atoms with Crippen LogP contribution in [0.5, 0.6) is 0 Å². The number of hydrazone groups is 1. The Balaban J connectivity index is 2.22. The standard InChI is InChI=1S/C15H16ClN3O/c1-10-5-14(9-20)19(8-10)18-7-13-4-3-12(6-17)15(16)11(13)2/h3-4,7,9-10,14H,5,8H2,1-2H3/b18-7+/t10-,14+/m1/s1. The number of benzene rings is 1. The number of aldehydes is 1. The molecule has 20 heavy (non-hydrogen) atoms. The van der Waals surface area contributed by atoms with Crippen LogP contribution < -0.4 is 0 Å². The van der Waals surface area contributed by atoms with Gasteiger partial charge in [0.1, 0.15) is 18.4 Å². The topological polar surface area (TPSA) is 56.5 Å². The Morgan fingerprint density at radius 2 is 2.30 bits per heavy atom. The van der Waals surface area contributed by atoms with E-state index in [0.29, 0.717) is 16.5 Å². The van der Waals surface area contributed by atoms with Crippen LogP contribution in [0.3, 0.4) is 0 Å². The third kappa shape index (κ3) is 2.83. The maximum atomic E-state index is 11.0. The third-order valence-corrected chi connectivity index (χ3v) is 4.06. The first kappa shape index (κ1) is 14.5. The van der Waals surface area contributed by atoms with Gasteiger partial charge < -0.3 is 4.79 Å². The number of carbonyl (C=O) groups excluding carboxylic acids is 1. The summed E-state index contributed by atoms with van der Waals surface area (Å²) in [5, 5.41) is 15.6. The van der Waals surface area contributed by atoms with Crippen LogP contribution in [0.1, 0.15) is 30.0 Å². The van der Waals surface area contributed by atoms with E-state index in [1.807, 2.05) is 24.1 Å². The molecule has 2 rings (SSSR count). The number of nitriles is 1. The zero-order chi connectivity index (χ0) is 14.7. The van der Waals surface area contributed by atoms with Gasteiger partial charge in [-0.25, -0.2) is 0 Å². The van der Waals surface area contributed by atoms with Crippen molar-refractivity contribution >= 4 is 24.1 Å². The van der Waals surface area contributed by atoms with Crippen LogP contribution >= 0.6 is 11.6 Å². The molecule has 1 fully saturated rings. The lowest BCUT2D eigenvalue weighted by Gasteiger charge is -2.16. The van der Waals surface area contributed by atoms with Crippen LogP contribution in [-0.4, -0.2) is 30.1 Å². The summed E-state index contributed by atoms with van der Waals surface area (Å²) in [7, 11) is 0. The zero-order valence-corrected chi connectivity index (χ0v) is 12.3. The molecule has 104 valence electrons. The van der Waals surface area contributed by atoms with Gasteiger partial charge in [0.2, 0.25) is 0 Å². The van der Waals surface area contributed by atoms with Crippen LogP contribution in [0, 0.1) is 24.2 Å². The molecule has 0 amide bonds. The van der Waals surface area contributed by atoms with Gasteiger partial charge in [-0.3, -0.25) is 5.01 Å². The summed E-state index contributed by atoms with van der Waals surface area (Å²) in [5.41, 5.74) is 2.14. The van der Waals surface area contributed by atoms with E-state index < -0.39 is 0 Å². The van der Waals surface area contributed by atoms with Crippen LogP contribution in [0.4, 0.5) is 0 Å². The molecule has 1 aliphatic heterocycles. The van der Waals surface area contributed by atoms with E-state index >= 15 is 0 Å². The molecular weight excluding hydrogens is 274 g/mol. The Morgan fingerprint density at radius 3 is 2.95 bits per heavy atom. The Morgan fingerprint density at radius 1 is 1.55 bits per heavy atom. The molecule has 0 spiro atoms. The lowest BCUT2D eigenvalue weighted by atomic mass is 10.1. The first-order valence-electron chi connectivity index (χ1n) is 6.52. The SMILES string of the molecule is Cc1c(/C=N/N2C[C@H](C)C[C@H]2C=O)ccc(C#N)c1Cl. The minimum absolute atomic E-state index is 0.143. The molecule has 2 atom stereocenters. The van der Waals surface area contributed by atoms with Gasteiger partial charge in [-0.15, -0.1) is 0 Å². The number of hydrogen-bond acceptors (Lipinski definition) is 4. The van der Waals surface area contributed by atoms with Gasteiger partial charge in [-0.1, -0.05) is 24.6 Å². The van der Waals surface area contributed by atoms with Crippen molar-refractivity contribution in [2.45, 2.75) is 26.3 Å². The predicted molar refractivity (Wildman–Crippen MR) is 78.8 cm³/mol. The summed E-state index contributed by atoms with van der Waals surface area (Å²) in [6.07, 6.45) is 3.49. The third-order valence-electron chi connectivity index (χ3n) is 3.58. The lowest BCUT2D eigenvalue weighted by molar-refractivity contribution is -0.111. The summed E-state index contributed by atoms with van der Waals surface area (Å²) >= 11 is 6.12. The molecule has 1 aromatic carbocycles. The maximum Gasteiger partial charge on any atom is 0.144 e. The highest BCUT2D eigenvalue weighted by atomic mass is 35.5. The smallest absolute Gasteiger partial charge is 0.144 e. The van der Waals surface area contributed by atoms with Crippen molar-refractivity contribution < 1.29 is 4.79 Å². The number of hydrogen-bond donors (Lipinski definition) is 0. The zero-order valence-electron chi connectivity index (χ0n) is 11.5. The molecule has 0 aliphatic carbocycles. The molecular formula is C15H16ClN3O. The number of nitrogens with zero attached hydrogens (tertiary/aromatic N) is 3. The monoisotopic (exact) mass is 289 g/mol. The van der Waals surface area contributed by atoms with E-state index in [0.717, 1.165) is 30.4 Å². The second kappa shape index (κ2) is 6.06. The highest BCUT2D eigenvalue weighted by molar-refractivity contribution is 6.32. The van der Waals surface area contributed by atoms with E-state index in [1.165, 1.54) is 0 Å². The molecule has 0 unspecified atom stereocenters. The molecule has 0 radical (unpaired) electrons. The highest BCUT2D eigenvalue weighted by Gasteiger charge is 2.27. The van der Waals surface area contributed by atoms with E-state index in [1.54, 1.807) is 12.3 Å². The average Bonchev–Trinajstić information content (AvgIpc) is 2.81. The van der Waals surface area contributed by atoms with Crippen molar-refractivity contribution in [1.82, 2.24) is 5.01 Å². The number of carbonyl (C=O) groups is 1.